The minimum absolute atomic E-state index is 0. The Bertz CT molecular complexity index is 741. The Balaban J connectivity index is 0.00000182. The van der Waals surface area contributed by atoms with Crippen molar-refractivity contribution in [2.75, 3.05) is 11.4 Å². The number of aromatic nitrogens is 1. The zero-order valence-electron chi connectivity index (χ0n) is 14.1. The van der Waals surface area contributed by atoms with E-state index in [1.54, 1.807) is 12.1 Å². The molecule has 0 amide bonds. The number of halogens is 1. The zero-order valence-corrected chi connectivity index (χ0v) is 16.5. The fourth-order valence-electron chi connectivity index (χ4n) is 3.98. The highest BCUT2D eigenvalue weighted by atomic mass is 79.9. The first-order chi connectivity index (χ1) is 11.7. The Morgan fingerprint density at radius 3 is 2.52 bits per heavy atom. The second-order valence-electron chi connectivity index (χ2n) is 6.70. The van der Waals surface area contributed by atoms with E-state index in [1.165, 1.54) is 49.4 Å². The molecule has 1 aromatic heterocycles. The van der Waals surface area contributed by atoms with Gasteiger partial charge in [-0.15, -0.1) is 0 Å². The van der Waals surface area contributed by atoms with Gasteiger partial charge < -0.3 is 17.0 Å². The van der Waals surface area contributed by atoms with Crippen molar-refractivity contribution in [3.63, 3.8) is 0 Å². The zero-order chi connectivity index (χ0) is 16.5. The number of benzene rings is 1. The molecule has 0 bridgehead atoms. The predicted molar refractivity (Wildman–Crippen MR) is 95.4 cm³/mol. The molecule has 134 valence electrons. The third-order valence-electron chi connectivity index (χ3n) is 5.21. The van der Waals surface area contributed by atoms with Gasteiger partial charge in [0.2, 0.25) is 0 Å². The minimum Gasteiger partial charge on any atom is -1.00 e. The molecule has 7 heteroatoms. The van der Waals surface area contributed by atoms with Gasteiger partial charge in [-0.05, 0) is 37.8 Å². The molecule has 0 saturated heterocycles. The van der Waals surface area contributed by atoms with Gasteiger partial charge in [-0.3, -0.25) is 10.1 Å². The lowest BCUT2D eigenvalue weighted by Crippen LogP contribution is -3.00. The van der Waals surface area contributed by atoms with Crippen LogP contribution in [0.25, 0.3) is 11.3 Å². The van der Waals surface area contributed by atoms with Crippen LogP contribution in [0.2, 0.25) is 0 Å². The number of nitro groups is 1. The molecule has 1 fully saturated rings. The van der Waals surface area contributed by atoms with Crippen LogP contribution in [0.5, 0.6) is 0 Å². The van der Waals surface area contributed by atoms with Crippen LogP contribution in [-0.2, 0) is 6.54 Å². The Hall–Kier alpha value is -1.47. The highest BCUT2D eigenvalue weighted by molar-refractivity contribution is 7.13. The van der Waals surface area contributed by atoms with Gasteiger partial charge >= 0.3 is 5.13 Å². The lowest BCUT2D eigenvalue weighted by atomic mass is 9.94. The molecule has 0 unspecified atom stereocenters. The summed E-state index contributed by atoms with van der Waals surface area (Å²) < 4.78 is 2.41. The molecule has 0 atom stereocenters. The van der Waals surface area contributed by atoms with Gasteiger partial charge in [0.25, 0.3) is 5.69 Å². The molecule has 0 radical (unpaired) electrons. The van der Waals surface area contributed by atoms with Gasteiger partial charge in [0, 0.05) is 29.5 Å². The molecular formula is C18H22BrN3O2S. The summed E-state index contributed by atoms with van der Waals surface area (Å²) in [4.78, 5) is 13.1. The number of nitrogens with zero attached hydrogens (tertiary/aromatic N) is 3. The largest absolute Gasteiger partial charge is 1.00 e. The first-order valence-corrected chi connectivity index (χ1v) is 9.65. The van der Waals surface area contributed by atoms with E-state index < -0.39 is 0 Å². The van der Waals surface area contributed by atoms with E-state index in [0.29, 0.717) is 6.04 Å². The molecule has 1 aliphatic heterocycles. The standard InChI is InChI=1S/C18H22N3O2S.BrH/c22-21(23)16-9-7-14(8-10-16)17-13-24-18-19(11-4-12-20(17)18)15-5-2-1-3-6-15;/h7-10,13,15H,1-6,11-12H2;1H/q+1;/p-1. The average Bonchev–Trinajstić information content (AvgIpc) is 3.06. The van der Waals surface area contributed by atoms with Crippen molar-refractivity contribution in [3.8, 4) is 11.3 Å². The van der Waals surface area contributed by atoms with E-state index in [2.05, 4.69) is 14.8 Å². The van der Waals surface area contributed by atoms with E-state index in [1.807, 2.05) is 23.5 Å². The van der Waals surface area contributed by atoms with Gasteiger partial charge in [-0.2, -0.15) is 0 Å². The number of non-ortho nitro benzene ring substituents is 1. The third kappa shape index (κ3) is 3.58. The van der Waals surface area contributed by atoms with Crippen LogP contribution in [0.4, 0.5) is 10.8 Å². The highest BCUT2D eigenvalue weighted by Gasteiger charge is 2.35. The molecular weight excluding hydrogens is 402 g/mol. The van der Waals surface area contributed by atoms with Crippen molar-refractivity contribution in [1.82, 2.24) is 0 Å². The molecule has 4 rings (SSSR count). The van der Waals surface area contributed by atoms with Crippen LogP contribution in [0.1, 0.15) is 38.5 Å². The highest BCUT2D eigenvalue weighted by Crippen LogP contribution is 2.33. The molecule has 25 heavy (non-hydrogen) atoms. The fraction of sp³-hybridized carbons (Fsp3) is 0.500. The summed E-state index contributed by atoms with van der Waals surface area (Å²) in [6.07, 6.45) is 7.87. The van der Waals surface area contributed by atoms with Crippen molar-refractivity contribution >= 4 is 22.2 Å². The summed E-state index contributed by atoms with van der Waals surface area (Å²) in [5.74, 6) is 0. The Morgan fingerprint density at radius 1 is 1.12 bits per heavy atom. The molecule has 1 saturated carbocycles. The van der Waals surface area contributed by atoms with E-state index in [9.17, 15) is 10.1 Å². The lowest BCUT2D eigenvalue weighted by molar-refractivity contribution is -0.674. The maximum atomic E-state index is 10.8. The van der Waals surface area contributed by atoms with Crippen LogP contribution in [0, 0.1) is 10.1 Å². The van der Waals surface area contributed by atoms with Crippen molar-refractivity contribution in [1.29, 1.82) is 0 Å². The Morgan fingerprint density at radius 2 is 1.84 bits per heavy atom. The van der Waals surface area contributed by atoms with Gasteiger partial charge in [0.05, 0.1) is 24.1 Å². The number of thiazole rings is 1. The molecule has 1 aliphatic carbocycles. The minimum atomic E-state index is -0.342. The van der Waals surface area contributed by atoms with Crippen LogP contribution < -0.4 is 26.4 Å². The van der Waals surface area contributed by atoms with Crippen molar-refractivity contribution < 1.29 is 26.5 Å². The summed E-state index contributed by atoms with van der Waals surface area (Å²) in [5.41, 5.74) is 2.40. The molecule has 0 spiro atoms. The van der Waals surface area contributed by atoms with Gasteiger partial charge in [-0.1, -0.05) is 17.8 Å². The quantitative estimate of drug-likeness (QED) is 0.422. The van der Waals surface area contributed by atoms with E-state index in [4.69, 9.17) is 0 Å². The SMILES string of the molecule is O=[N+]([O-])c1ccc(-c2csc3[n+]2CCCN3C2CCCCC2)cc1.[Br-]. The number of anilines is 1. The number of fused-ring (bicyclic) bond motifs is 1. The van der Waals surface area contributed by atoms with Crippen molar-refractivity contribution in [2.45, 2.75) is 51.1 Å². The summed E-state index contributed by atoms with van der Waals surface area (Å²) >= 11 is 1.81. The van der Waals surface area contributed by atoms with E-state index in [0.717, 1.165) is 18.7 Å². The molecule has 5 nitrogen and oxygen atoms in total. The van der Waals surface area contributed by atoms with Crippen LogP contribution in [0.15, 0.2) is 29.6 Å². The topological polar surface area (TPSA) is 50.3 Å². The van der Waals surface area contributed by atoms with Gasteiger partial charge in [0.15, 0.2) is 0 Å². The monoisotopic (exact) mass is 423 g/mol. The summed E-state index contributed by atoms with van der Waals surface area (Å²) in [6.45, 7) is 2.19. The van der Waals surface area contributed by atoms with Crippen molar-refractivity contribution in [2.24, 2.45) is 0 Å². The van der Waals surface area contributed by atoms with Gasteiger partial charge in [0.1, 0.15) is 5.69 Å². The van der Waals surface area contributed by atoms with Crippen LogP contribution >= 0.6 is 11.3 Å². The molecule has 1 aromatic carbocycles. The molecule has 2 aromatic rings. The number of hydrogen-bond donors (Lipinski definition) is 0. The molecule has 0 N–H and O–H groups in total. The normalized spacial score (nSPS) is 17.7. The fourth-order valence-corrected chi connectivity index (χ4v) is 5.15. The van der Waals surface area contributed by atoms with Crippen molar-refractivity contribution in [3.05, 3.63) is 39.8 Å². The maximum Gasteiger partial charge on any atom is 0.336 e. The van der Waals surface area contributed by atoms with E-state index in [-0.39, 0.29) is 27.6 Å². The third-order valence-corrected chi connectivity index (χ3v) is 6.22. The number of hydrogen-bond acceptors (Lipinski definition) is 4. The lowest BCUT2D eigenvalue weighted by Gasteiger charge is -2.31. The Labute approximate surface area is 162 Å². The molecule has 2 aliphatic rings. The predicted octanol–water partition coefficient (Wildman–Crippen LogP) is 1.16. The summed E-state index contributed by atoms with van der Waals surface area (Å²) in [5, 5.41) is 14.4. The van der Waals surface area contributed by atoms with Crippen LogP contribution in [-0.4, -0.2) is 17.5 Å². The van der Waals surface area contributed by atoms with Gasteiger partial charge in [-0.25, -0.2) is 9.47 Å². The Kier molecular flexibility index (Phi) is 5.74. The number of rotatable bonds is 3. The van der Waals surface area contributed by atoms with Crippen LogP contribution in [0.3, 0.4) is 0 Å². The summed E-state index contributed by atoms with van der Waals surface area (Å²) in [7, 11) is 0. The maximum absolute atomic E-state index is 10.8. The summed E-state index contributed by atoms with van der Waals surface area (Å²) in [6, 6.07) is 7.62. The second-order valence-corrected chi connectivity index (χ2v) is 7.53. The smallest absolute Gasteiger partial charge is 0.336 e. The number of nitro benzene ring substituents is 1. The average molecular weight is 424 g/mol. The molecule has 2 heterocycles. The first-order valence-electron chi connectivity index (χ1n) is 8.77. The second kappa shape index (κ2) is 7.83. The van der Waals surface area contributed by atoms with E-state index >= 15 is 0 Å². The first kappa shape index (κ1) is 18.3.